The molecule has 1 N–H and O–H groups in total. The van der Waals surface area contributed by atoms with Crippen molar-refractivity contribution in [2.75, 3.05) is 5.32 Å². The molecule has 4 rings (SSSR count). The van der Waals surface area contributed by atoms with Crippen molar-refractivity contribution in [3.8, 4) is 11.6 Å². The van der Waals surface area contributed by atoms with Crippen molar-refractivity contribution < 1.29 is 13.6 Å². The molecule has 1 amide bonds. The smallest absolute Gasteiger partial charge is 0.293 e. The van der Waals surface area contributed by atoms with Crippen LogP contribution < -0.4 is 5.32 Å². The van der Waals surface area contributed by atoms with Crippen molar-refractivity contribution in [3.63, 3.8) is 0 Å². The molecule has 8 heteroatoms. The van der Waals surface area contributed by atoms with Crippen LogP contribution in [-0.4, -0.2) is 15.3 Å². The first-order chi connectivity index (χ1) is 12.5. The van der Waals surface area contributed by atoms with Gasteiger partial charge in [-0.2, -0.15) is 9.36 Å². The van der Waals surface area contributed by atoms with Crippen LogP contribution in [0.25, 0.3) is 22.6 Å². The number of carbonyl (C=O) groups excluding carboxylic acids is 1. The van der Waals surface area contributed by atoms with Crippen molar-refractivity contribution in [1.29, 1.82) is 0 Å². The number of aromatic nitrogens is 2. The molecule has 132 valence electrons. The SMILES string of the molecule is CCc1ccc2oc(C(=O)Nc3nc(-c4ccc(I)o4)ns3)c(C)c2c1. The van der Waals surface area contributed by atoms with Gasteiger partial charge < -0.3 is 8.83 Å². The van der Waals surface area contributed by atoms with Crippen LogP contribution in [0.4, 0.5) is 5.13 Å². The number of halogens is 1. The Balaban J connectivity index is 1.59. The zero-order valence-corrected chi connectivity index (χ0v) is 17.0. The third-order valence-corrected chi connectivity index (χ3v) is 5.27. The maximum absolute atomic E-state index is 12.6. The van der Waals surface area contributed by atoms with Crippen LogP contribution in [0.5, 0.6) is 0 Å². The molecule has 0 aliphatic carbocycles. The van der Waals surface area contributed by atoms with Gasteiger partial charge >= 0.3 is 0 Å². The molecule has 26 heavy (non-hydrogen) atoms. The van der Waals surface area contributed by atoms with Gasteiger partial charge in [-0.25, -0.2) is 0 Å². The summed E-state index contributed by atoms with van der Waals surface area (Å²) in [4.78, 5) is 16.9. The number of nitrogens with zero attached hydrogens (tertiary/aromatic N) is 2. The Labute approximate surface area is 166 Å². The second-order valence-electron chi connectivity index (χ2n) is 5.72. The monoisotopic (exact) mass is 479 g/mol. The van der Waals surface area contributed by atoms with E-state index < -0.39 is 0 Å². The van der Waals surface area contributed by atoms with Crippen LogP contribution in [0.3, 0.4) is 0 Å². The van der Waals surface area contributed by atoms with E-state index in [0.29, 0.717) is 22.3 Å². The molecular weight excluding hydrogens is 465 g/mol. The molecule has 0 aliphatic rings. The Morgan fingerprint density at radius 1 is 1.27 bits per heavy atom. The minimum atomic E-state index is -0.339. The van der Waals surface area contributed by atoms with Crippen LogP contribution in [-0.2, 0) is 6.42 Å². The van der Waals surface area contributed by atoms with E-state index in [4.69, 9.17) is 8.83 Å². The van der Waals surface area contributed by atoms with E-state index in [1.807, 2.05) is 25.1 Å². The highest BCUT2D eigenvalue weighted by Gasteiger charge is 2.20. The van der Waals surface area contributed by atoms with E-state index in [9.17, 15) is 4.79 Å². The Bertz CT molecular complexity index is 1110. The molecule has 0 saturated heterocycles. The van der Waals surface area contributed by atoms with E-state index in [2.05, 4.69) is 50.3 Å². The number of benzene rings is 1. The van der Waals surface area contributed by atoms with Crippen molar-refractivity contribution >= 4 is 56.1 Å². The van der Waals surface area contributed by atoms with Crippen molar-refractivity contribution in [2.45, 2.75) is 20.3 Å². The molecular formula is C18H14IN3O3S. The average molecular weight is 479 g/mol. The molecule has 0 bridgehead atoms. The van der Waals surface area contributed by atoms with E-state index in [0.717, 1.165) is 32.7 Å². The number of hydrogen-bond acceptors (Lipinski definition) is 6. The van der Waals surface area contributed by atoms with Crippen LogP contribution in [0.2, 0.25) is 0 Å². The van der Waals surface area contributed by atoms with Gasteiger partial charge in [0.05, 0.1) is 0 Å². The Morgan fingerprint density at radius 2 is 2.12 bits per heavy atom. The zero-order chi connectivity index (χ0) is 18.3. The van der Waals surface area contributed by atoms with Gasteiger partial charge in [0.1, 0.15) is 5.58 Å². The molecule has 1 aromatic carbocycles. The summed E-state index contributed by atoms with van der Waals surface area (Å²) < 4.78 is 16.2. The third-order valence-electron chi connectivity index (χ3n) is 4.06. The summed E-state index contributed by atoms with van der Waals surface area (Å²) in [6.07, 6.45) is 0.932. The van der Waals surface area contributed by atoms with Gasteiger partial charge in [0.15, 0.2) is 15.3 Å². The first-order valence-electron chi connectivity index (χ1n) is 7.98. The number of carbonyl (C=O) groups is 1. The van der Waals surface area contributed by atoms with Gasteiger partial charge in [-0.05, 0) is 65.8 Å². The zero-order valence-electron chi connectivity index (χ0n) is 14.0. The molecule has 4 aromatic rings. The Hall–Kier alpha value is -2.20. The summed E-state index contributed by atoms with van der Waals surface area (Å²) >= 11 is 3.17. The lowest BCUT2D eigenvalue weighted by atomic mass is 10.1. The lowest BCUT2D eigenvalue weighted by Gasteiger charge is -1.98. The van der Waals surface area contributed by atoms with Gasteiger partial charge in [0.2, 0.25) is 11.0 Å². The van der Waals surface area contributed by atoms with Gasteiger partial charge in [-0.1, -0.05) is 13.0 Å². The molecule has 0 radical (unpaired) electrons. The standard InChI is InChI=1S/C18H14IN3O3S/c1-3-10-4-5-12-11(8-10)9(2)15(25-12)17(23)21-18-20-16(22-26-18)13-6-7-14(19)24-13/h4-8H,3H2,1-2H3,(H,20,21,22,23). The molecule has 0 spiro atoms. The van der Waals surface area contributed by atoms with Crippen LogP contribution >= 0.6 is 34.1 Å². The number of nitrogens with one attached hydrogen (secondary N) is 1. The average Bonchev–Trinajstić information content (AvgIpc) is 3.34. The second kappa shape index (κ2) is 6.84. The number of furan rings is 2. The van der Waals surface area contributed by atoms with Crippen LogP contribution in [0.1, 0.15) is 28.6 Å². The lowest BCUT2D eigenvalue weighted by molar-refractivity contribution is 0.0998. The van der Waals surface area contributed by atoms with E-state index >= 15 is 0 Å². The second-order valence-corrected chi connectivity index (χ2v) is 7.54. The maximum atomic E-state index is 12.6. The molecule has 3 heterocycles. The summed E-state index contributed by atoms with van der Waals surface area (Å²) in [6, 6.07) is 9.60. The lowest BCUT2D eigenvalue weighted by Crippen LogP contribution is -2.11. The van der Waals surface area contributed by atoms with Crippen LogP contribution in [0.15, 0.2) is 39.2 Å². The predicted octanol–water partition coefficient (Wildman–Crippen LogP) is 5.27. The number of amides is 1. The number of aryl methyl sites for hydroxylation is 2. The van der Waals surface area contributed by atoms with E-state index in [1.54, 1.807) is 6.07 Å². The van der Waals surface area contributed by atoms with Crippen molar-refractivity contribution in [3.05, 3.63) is 51.0 Å². The summed E-state index contributed by atoms with van der Waals surface area (Å²) in [7, 11) is 0. The fraction of sp³-hybridized carbons (Fsp3) is 0.167. The normalized spacial score (nSPS) is 11.2. The molecule has 0 fully saturated rings. The fourth-order valence-electron chi connectivity index (χ4n) is 2.67. The molecule has 6 nitrogen and oxygen atoms in total. The van der Waals surface area contributed by atoms with Crippen molar-refractivity contribution in [1.82, 2.24) is 9.36 Å². The van der Waals surface area contributed by atoms with Crippen molar-refractivity contribution in [2.24, 2.45) is 0 Å². The first kappa shape index (κ1) is 17.2. The van der Waals surface area contributed by atoms with Gasteiger partial charge in [-0.3, -0.25) is 10.1 Å². The number of hydrogen-bond donors (Lipinski definition) is 1. The molecule has 0 saturated carbocycles. The Kier molecular flexibility index (Phi) is 4.53. The van der Waals surface area contributed by atoms with Gasteiger partial charge in [-0.15, -0.1) is 0 Å². The summed E-state index contributed by atoms with van der Waals surface area (Å²) in [6.45, 7) is 3.98. The van der Waals surface area contributed by atoms with Crippen LogP contribution in [0, 0.1) is 10.7 Å². The molecule has 0 atom stereocenters. The third kappa shape index (κ3) is 3.14. The number of fused-ring (bicyclic) bond motifs is 1. The Morgan fingerprint density at radius 3 is 2.85 bits per heavy atom. The van der Waals surface area contributed by atoms with E-state index in [-0.39, 0.29) is 11.7 Å². The maximum Gasteiger partial charge on any atom is 0.293 e. The topological polar surface area (TPSA) is 81.2 Å². The minimum absolute atomic E-state index is 0.289. The first-order valence-corrected chi connectivity index (χ1v) is 9.83. The summed E-state index contributed by atoms with van der Waals surface area (Å²) in [5, 5.41) is 4.10. The number of anilines is 1. The van der Waals surface area contributed by atoms with E-state index in [1.165, 1.54) is 5.56 Å². The molecule has 3 aromatic heterocycles. The molecule has 0 unspecified atom stereocenters. The fourth-order valence-corrected chi connectivity index (χ4v) is 3.65. The minimum Gasteiger partial charge on any atom is -0.451 e. The number of rotatable bonds is 4. The predicted molar refractivity (Wildman–Crippen MR) is 109 cm³/mol. The highest BCUT2D eigenvalue weighted by atomic mass is 127. The highest BCUT2D eigenvalue weighted by molar-refractivity contribution is 14.1. The molecule has 0 aliphatic heterocycles. The summed E-state index contributed by atoms with van der Waals surface area (Å²) in [5.74, 6) is 0.964. The van der Waals surface area contributed by atoms with Gasteiger partial charge in [0, 0.05) is 22.5 Å². The summed E-state index contributed by atoms with van der Waals surface area (Å²) in [5.41, 5.74) is 2.72. The quantitative estimate of drug-likeness (QED) is 0.404. The van der Waals surface area contributed by atoms with Gasteiger partial charge in [0.25, 0.3) is 5.91 Å². The highest BCUT2D eigenvalue weighted by Crippen LogP contribution is 2.28. The largest absolute Gasteiger partial charge is 0.451 e.